The molecule has 0 aliphatic rings. The molecule has 1 aromatic rings. The van der Waals surface area contributed by atoms with Crippen molar-refractivity contribution in [3.05, 3.63) is 35.9 Å². The molecule has 0 radical (unpaired) electrons. The first kappa shape index (κ1) is 37.2. The van der Waals surface area contributed by atoms with E-state index in [2.05, 4.69) is 6.92 Å². The molecule has 1 unspecified atom stereocenters. The largest absolute Gasteiger partial charge is 0.465 e. The fourth-order valence-corrected chi connectivity index (χ4v) is 5.31. The maximum atomic E-state index is 12.8. The molecule has 0 heterocycles. The Labute approximate surface area is 253 Å². The van der Waals surface area contributed by atoms with Gasteiger partial charge in [0.1, 0.15) is 0 Å². The number of hydrogen-bond donors (Lipinski definition) is 0. The first-order valence-electron chi connectivity index (χ1n) is 17.4. The van der Waals surface area contributed by atoms with E-state index in [9.17, 15) is 9.59 Å². The van der Waals surface area contributed by atoms with Crippen molar-refractivity contribution in [1.29, 1.82) is 0 Å². The van der Waals surface area contributed by atoms with Gasteiger partial charge in [-0.05, 0) is 24.3 Å². The third kappa shape index (κ3) is 23.4. The SMILES string of the molecule is CCCCCCCCCCCCCCCCCCCCCCOC(=O)C(CC(=O)OCC(C)C)Cc1ccccc1. The van der Waals surface area contributed by atoms with Crippen LogP contribution in [0.2, 0.25) is 0 Å². The molecular formula is C37H64O4. The van der Waals surface area contributed by atoms with Crippen LogP contribution in [-0.4, -0.2) is 25.2 Å². The van der Waals surface area contributed by atoms with Crippen LogP contribution in [0.5, 0.6) is 0 Å². The number of benzene rings is 1. The Morgan fingerprint density at radius 3 is 1.49 bits per heavy atom. The number of ether oxygens (including phenoxy) is 2. The second kappa shape index (κ2) is 27.0. The van der Waals surface area contributed by atoms with Gasteiger partial charge in [-0.2, -0.15) is 0 Å². The molecule has 4 heteroatoms. The molecule has 0 amide bonds. The third-order valence-corrected chi connectivity index (χ3v) is 7.89. The van der Waals surface area contributed by atoms with E-state index < -0.39 is 5.92 Å². The summed E-state index contributed by atoms with van der Waals surface area (Å²) in [5.74, 6) is -0.830. The number of esters is 2. The zero-order valence-corrected chi connectivity index (χ0v) is 27.1. The molecule has 4 nitrogen and oxygen atoms in total. The summed E-state index contributed by atoms with van der Waals surface area (Å²) in [5, 5.41) is 0. The minimum atomic E-state index is -0.498. The van der Waals surface area contributed by atoms with Gasteiger partial charge in [0.15, 0.2) is 0 Å². The number of unbranched alkanes of at least 4 members (excludes halogenated alkanes) is 19. The van der Waals surface area contributed by atoms with Crippen LogP contribution in [0, 0.1) is 11.8 Å². The van der Waals surface area contributed by atoms with E-state index in [-0.39, 0.29) is 24.3 Å². The van der Waals surface area contributed by atoms with Gasteiger partial charge in [-0.15, -0.1) is 0 Å². The van der Waals surface area contributed by atoms with E-state index in [1.807, 2.05) is 44.2 Å². The quantitative estimate of drug-likeness (QED) is 0.0740. The van der Waals surface area contributed by atoms with Crippen molar-refractivity contribution in [3.63, 3.8) is 0 Å². The van der Waals surface area contributed by atoms with Crippen molar-refractivity contribution in [2.24, 2.45) is 11.8 Å². The highest BCUT2D eigenvalue weighted by Crippen LogP contribution is 2.17. The van der Waals surface area contributed by atoms with Gasteiger partial charge in [0.2, 0.25) is 0 Å². The summed E-state index contributed by atoms with van der Waals surface area (Å²) in [7, 11) is 0. The van der Waals surface area contributed by atoms with Crippen molar-refractivity contribution >= 4 is 11.9 Å². The zero-order valence-electron chi connectivity index (χ0n) is 27.1. The Bertz CT molecular complexity index is 730. The van der Waals surface area contributed by atoms with Crippen molar-refractivity contribution in [2.75, 3.05) is 13.2 Å². The molecule has 1 atom stereocenters. The van der Waals surface area contributed by atoms with Crippen LogP contribution in [-0.2, 0) is 25.5 Å². The molecule has 0 N–H and O–H groups in total. The Balaban J connectivity index is 2.00. The number of hydrogen-bond acceptors (Lipinski definition) is 4. The summed E-state index contributed by atoms with van der Waals surface area (Å²) in [5.41, 5.74) is 1.03. The summed E-state index contributed by atoms with van der Waals surface area (Å²) in [6.45, 7) is 7.11. The van der Waals surface area contributed by atoms with Crippen molar-refractivity contribution < 1.29 is 19.1 Å². The van der Waals surface area contributed by atoms with Gasteiger partial charge in [0.05, 0.1) is 25.6 Å². The van der Waals surface area contributed by atoms with Crippen molar-refractivity contribution in [1.82, 2.24) is 0 Å². The molecule has 0 saturated heterocycles. The molecule has 1 rings (SSSR count). The van der Waals surface area contributed by atoms with Gasteiger partial charge in [-0.1, -0.05) is 173 Å². The van der Waals surface area contributed by atoms with Gasteiger partial charge in [0.25, 0.3) is 0 Å². The average Bonchev–Trinajstić information content (AvgIpc) is 2.97. The fraction of sp³-hybridized carbons (Fsp3) is 0.784. The van der Waals surface area contributed by atoms with Crippen LogP contribution in [0.1, 0.15) is 161 Å². The fourth-order valence-electron chi connectivity index (χ4n) is 5.31. The highest BCUT2D eigenvalue weighted by atomic mass is 16.5. The third-order valence-electron chi connectivity index (χ3n) is 7.89. The predicted molar refractivity (Wildman–Crippen MR) is 173 cm³/mol. The average molecular weight is 573 g/mol. The van der Waals surface area contributed by atoms with Crippen LogP contribution in [0.4, 0.5) is 0 Å². The Morgan fingerprint density at radius 2 is 1.05 bits per heavy atom. The van der Waals surface area contributed by atoms with Crippen molar-refractivity contribution in [3.8, 4) is 0 Å². The Kier molecular flexibility index (Phi) is 24.5. The van der Waals surface area contributed by atoms with Gasteiger partial charge >= 0.3 is 11.9 Å². The lowest BCUT2D eigenvalue weighted by Gasteiger charge is -2.16. The Morgan fingerprint density at radius 1 is 0.610 bits per heavy atom. The lowest BCUT2D eigenvalue weighted by Crippen LogP contribution is -2.25. The van der Waals surface area contributed by atoms with Crippen LogP contribution in [0.25, 0.3) is 0 Å². The summed E-state index contributed by atoms with van der Waals surface area (Å²) in [6.07, 6.45) is 27.5. The Hall–Kier alpha value is -1.84. The molecule has 0 aliphatic carbocycles. The van der Waals surface area contributed by atoms with Crippen LogP contribution in [0.3, 0.4) is 0 Å². The second-order valence-corrected chi connectivity index (χ2v) is 12.6. The summed E-state index contributed by atoms with van der Waals surface area (Å²) < 4.78 is 10.9. The summed E-state index contributed by atoms with van der Waals surface area (Å²) >= 11 is 0. The zero-order chi connectivity index (χ0) is 29.8. The molecule has 41 heavy (non-hydrogen) atoms. The van der Waals surface area contributed by atoms with Gasteiger partial charge in [-0.25, -0.2) is 0 Å². The summed E-state index contributed by atoms with van der Waals surface area (Å²) in [6, 6.07) is 9.83. The maximum absolute atomic E-state index is 12.8. The summed E-state index contributed by atoms with van der Waals surface area (Å²) in [4.78, 5) is 25.1. The minimum absolute atomic E-state index is 0.0691. The van der Waals surface area contributed by atoms with Crippen molar-refractivity contribution in [2.45, 2.75) is 162 Å². The van der Waals surface area contributed by atoms with Gasteiger partial charge in [0, 0.05) is 0 Å². The van der Waals surface area contributed by atoms with E-state index in [1.54, 1.807) is 0 Å². The smallest absolute Gasteiger partial charge is 0.309 e. The minimum Gasteiger partial charge on any atom is -0.465 e. The lowest BCUT2D eigenvalue weighted by molar-refractivity contribution is -0.155. The van der Waals surface area contributed by atoms with Gasteiger partial charge < -0.3 is 9.47 Å². The van der Waals surface area contributed by atoms with Crippen LogP contribution in [0.15, 0.2) is 30.3 Å². The molecule has 0 aromatic heterocycles. The molecular weight excluding hydrogens is 508 g/mol. The van der Waals surface area contributed by atoms with E-state index in [1.165, 1.54) is 116 Å². The number of carbonyl (C=O) groups is 2. The highest BCUT2D eigenvalue weighted by Gasteiger charge is 2.25. The first-order chi connectivity index (χ1) is 20.0. The van der Waals surface area contributed by atoms with Crippen LogP contribution >= 0.6 is 0 Å². The van der Waals surface area contributed by atoms with E-state index >= 15 is 0 Å². The van der Waals surface area contributed by atoms with Gasteiger partial charge in [-0.3, -0.25) is 9.59 Å². The van der Waals surface area contributed by atoms with E-state index in [0.717, 1.165) is 18.4 Å². The monoisotopic (exact) mass is 572 g/mol. The molecule has 1 aromatic carbocycles. The normalized spacial score (nSPS) is 12.0. The first-order valence-corrected chi connectivity index (χ1v) is 17.4. The lowest BCUT2D eigenvalue weighted by atomic mass is 9.96. The molecule has 0 spiro atoms. The second-order valence-electron chi connectivity index (χ2n) is 12.6. The highest BCUT2D eigenvalue weighted by molar-refractivity contribution is 5.80. The molecule has 0 aliphatic heterocycles. The molecule has 0 bridgehead atoms. The molecule has 236 valence electrons. The van der Waals surface area contributed by atoms with E-state index in [0.29, 0.717) is 19.6 Å². The topological polar surface area (TPSA) is 52.6 Å². The standard InChI is InChI=1S/C37H64O4/c1-4-5-6-7-8-9-10-11-12-13-14-15-16-17-18-19-20-21-22-26-29-40-37(39)35(30-34-27-24-23-25-28-34)31-36(38)41-32-33(2)3/h23-25,27-28,33,35H,4-22,26,29-32H2,1-3H3. The van der Waals surface area contributed by atoms with Crippen LogP contribution < -0.4 is 0 Å². The maximum Gasteiger partial charge on any atom is 0.309 e. The number of carbonyl (C=O) groups excluding carboxylic acids is 2. The number of rotatable bonds is 28. The molecule has 0 saturated carbocycles. The predicted octanol–water partition coefficient (Wildman–Crippen LogP) is 10.8. The van der Waals surface area contributed by atoms with E-state index in [4.69, 9.17) is 9.47 Å². The molecule has 0 fully saturated rings.